The SMILES string of the molecule is COc1ccc2cc(CCC(O)CC(Nc3ccc(S(=O)(=O)N=O)c(-c4cc(C)on4)c3)c3cccc(Cl)c3)ccc2c1. The fourth-order valence-corrected chi connectivity index (χ4v) is 6.02. The quantitative estimate of drug-likeness (QED) is 0.138. The predicted octanol–water partition coefficient (Wildman–Crippen LogP) is 7.46. The third kappa shape index (κ3) is 7.22. The number of fused-ring (bicyclic) bond motifs is 1. The van der Waals surface area contributed by atoms with E-state index in [2.05, 4.69) is 27.2 Å². The van der Waals surface area contributed by atoms with Gasteiger partial charge in [-0.15, -0.1) is 4.91 Å². The van der Waals surface area contributed by atoms with Crippen LogP contribution >= 0.6 is 11.6 Å². The molecule has 0 radical (unpaired) electrons. The van der Waals surface area contributed by atoms with E-state index >= 15 is 0 Å². The van der Waals surface area contributed by atoms with Gasteiger partial charge in [-0.3, -0.25) is 0 Å². The molecular weight excluding hydrogens is 590 g/mol. The summed E-state index contributed by atoms with van der Waals surface area (Å²) in [7, 11) is -2.80. The number of hydrogen-bond donors (Lipinski definition) is 2. The van der Waals surface area contributed by atoms with E-state index < -0.39 is 16.1 Å². The Labute approximate surface area is 254 Å². The van der Waals surface area contributed by atoms with Crippen molar-refractivity contribution in [1.29, 1.82) is 0 Å². The Morgan fingerprint density at radius 3 is 2.53 bits per heavy atom. The minimum Gasteiger partial charge on any atom is -0.497 e. The van der Waals surface area contributed by atoms with Gasteiger partial charge in [-0.2, -0.15) is 8.42 Å². The molecule has 0 aliphatic carbocycles. The van der Waals surface area contributed by atoms with Crippen LogP contribution in [-0.4, -0.2) is 31.9 Å². The second kappa shape index (κ2) is 12.9. The van der Waals surface area contributed by atoms with Crippen LogP contribution in [0.3, 0.4) is 0 Å². The molecule has 2 atom stereocenters. The molecule has 1 aromatic heterocycles. The molecule has 0 saturated carbocycles. The molecule has 5 aromatic rings. The number of aryl methyl sites for hydroxylation is 2. The zero-order valence-corrected chi connectivity index (χ0v) is 25.1. The van der Waals surface area contributed by atoms with E-state index in [9.17, 15) is 18.4 Å². The molecule has 43 heavy (non-hydrogen) atoms. The molecule has 2 unspecified atom stereocenters. The number of benzene rings is 4. The molecule has 1 heterocycles. The molecule has 0 spiro atoms. The number of hydrogen-bond acceptors (Lipinski definition) is 8. The molecule has 11 heteroatoms. The van der Waals surface area contributed by atoms with Crippen molar-refractivity contribution >= 4 is 38.1 Å². The summed E-state index contributed by atoms with van der Waals surface area (Å²) in [4.78, 5) is 10.8. The van der Waals surface area contributed by atoms with E-state index in [0.717, 1.165) is 27.6 Å². The maximum Gasteiger partial charge on any atom is 0.317 e. The van der Waals surface area contributed by atoms with Crippen LogP contribution in [-0.2, 0) is 16.4 Å². The second-order valence-corrected chi connectivity index (χ2v) is 12.3. The lowest BCUT2D eigenvalue weighted by molar-refractivity contribution is 0.148. The Bertz CT molecular complexity index is 1870. The second-order valence-electron chi connectivity index (χ2n) is 10.3. The largest absolute Gasteiger partial charge is 0.497 e. The van der Waals surface area contributed by atoms with E-state index in [1.807, 2.05) is 42.5 Å². The van der Waals surface area contributed by atoms with E-state index in [1.165, 1.54) is 6.07 Å². The van der Waals surface area contributed by atoms with Crippen molar-refractivity contribution in [1.82, 2.24) is 5.16 Å². The highest BCUT2D eigenvalue weighted by molar-refractivity contribution is 7.90. The van der Waals surface area contributed by atoms with Crippen LogP contribution in [0.2, 0.25) is 5.02 Å². The topological polar surface area (TPSA) is 131 Å². The third-order valence-corrected chi connectivity index (χ3v) is 8.58. The van der Waals surface area contributed by atoms with E-state index in [4.69, 9.17) is 20.9 Å². The fourth-order valence-electron chi connectivity index (χ4n) is 5.06. The van der Waals surface area contributed by atoms with Gasteiger partial charge in [0.1, 0.15) is 22.1 Å². The smallest absolute Gasteiger partial charge is 0.317 e. The number of ether oxygens (including phenoxy) is 1. The summed E-state index contributed by atoms with van der Waals surface area (Å²) in [6, 6.07) is 25.1. The van der Waals surface area contributed by atoms with Gasteiger partial charge in [-0.25, -0.2) is 0 Å². The summed E-state index contributed by atoms with van der Waals surface area (Å²) in [6.45, 7) is 1.68. The zero-order chi connectivity index (χ0) is 30.6. The van der Waals surface area contributed by atoms with Crippen LogP contribution in [0, 0.1) is 11.8 Å². The highest BCUT2D eigenvalue weighted by Gasteiger charge is 2.24. The highest BCUT2D eigenvalue weighted by Crippen LogP contribution is 2.34. The normalized spacial score (nSPS) is 13.0. The van der Waals surface area contributed by atoms with Crippen LogP contribution in [0.1, 0.15) is 35.8 Å². The molecule has 0 aliphatic heterocycles. The lowest BCUT2D eigenvalue weighted by Gasteiger charge is -2.24. The lowest BCUT2D eigenvalue weighted by atomic mass is 9.96. The van der Waals surface area contributed by atoms with Crippen LogP contribution < -0.4 is 10.1 Å². The van der Waals surface area contributed by atoms with Crippen molar-refractivity contribution in [3.05, 3.63) is 112 Å². The van der Waals surface area contributed by atoms with Crippen molar-refractivity contribution in [2.45, 2.75) is 43.2 Å². The Morgan fingerprint density at radius 1 is 1.02 bits per heavy atom. The number of sulfonamides is 1. The van der Waals surface area contributed by atoms with Gasteiger partial charge in [-0.1, -0.05) is 53.2 Å². The number of anilines is 1. The van der Waals surface area contributed by atoms with Gasteiger partial charge in [0.25, 0.3) is 0 Å². The molecule has 5 rings (SSSR count). The summed E-state index contributed by atoms with van der Waals surface area (Å²) in [5.41, 5.74) is 2.91. The highest BCUT2D eigenvalue weighted by atomic mass is 35.5. The van der Waals surface area contributed by atoms with Crippen LogP contribution in [0.5, 0.6) is 5.75 Å². The van der Waals surface area contributed by atoms with Gasteiger partial charge in [-0.05, 0) is 90.6 Å². The molecule has 0 saturated heterocycles. The van der Waals surface area contributed by atoms with Crippen LogP contribution in [0.25, 0.3) is 22.0 Å². The summed E-state index contributed by atoms with van der Waals surface area (Å²) >= 11 is 6.31. The standard InChI is InChI=1S/C32H30ClN3O6S/c1-20-14-31(35-42-20)29-18-26(10-13-32(29)43(39,40)36-38)34-30(24-4-3-5-25(33)16-24)19-27(37)11-7-21-6-8-23-17-28(41-2)12-9-22(23)15-21/h3-6,8-10,12-18,27,30,34,37H,7,11,19H2,1-2H3. The number of rotatable bonds is 12. The molecule has 0 aliphatic rings. The maximum atomic E-state index is 12.4. The van der Waals surface area contributed by atoms with E-state index in [-0.39, 0.29) is 22.2 Å². The van der Waals surface area contributed by atoms with Gasteiger partial charge in [0, 0.05) is 22.3 Å². The number of nitrogens with one attached hydrogen (secondary N) is 1. The summed E-state index contributed by atoms with van der Waals surface area (Å²) in [5, 5.41) is 21.2. The maximum absolute atomic E-state index is 12.4. The van der Waals surface area contributed by atoms with E-state index in [1.54, 1.807) is 38.3 Å². The molecule has 2 N–H and O–H groups in total. The molecule has 4 aromatic carbocycles. The molecule has 0 amide bonds. The molecular formula is C32H30ClN3O6S. The number of aliphatic hydroxyl groups excluding tert-OH is 1. The minimum atomic E-state index is -4.44. The van der Waals surface area contributed by atoms with Crippen molar-refractivity contribution < 1.29 is 22.8 Å². The first kappa shape index (κ1) is 30.2. The van der Waals surface area contributed by atoms with Gasteiger partial charge >= 0.3 is 10.0 Å². The van der Waals surface area contributed by atoms with Gasteiger partial charge in [0.05, 0.1) is 23.8 Å². The van der Waals surface area contributed by atoms with E-state index in [0.29, 0.717) is 35.7 Å². The van der Waals surface area contributed by atoms with Gasteiger partial charge in [0.2, 0.25) is 0 Å². The third-order valence-electron chi connectivity index (χ3n) is 7.24. The monoisotopic (exact) mass is 619 g/mol. The van der Waals surface area contributed by atoms with Gasteiger partial charge in [0.15, 0.2) is 0 Å². The van der Waals surface area contributed by atoms with Crippen molar-refractivity contribution in [3.63, 3.8) is 0 Å². The van der Waals surface area contributed by atoms with Crippen LogP contribution in [0.4, 0.5) is 5.69 Å². The number of aromatic nitrogens is 1. The van der Waals surface area contributed by atoms with Crippen molar-refractivity contribution in [3.8, 4) is 17.0 Å². The Kier molecular flexibility index (Phi) is 9.10. The minimum absolute atomic E-state index is 0.167. The first-order valence-corrected chi connectivity index (χ1v) is 15.4. The Morgan fingerprint density at radius 2 is 1.81 bits per heavy atom. The van der Waals surface area contributed by atoms with Crippen molar-refractivity contribution in [2.24, 2.45) is 4.58 Å². The number of aliphatic hydroxyl groups is 1. The number of methoxy groups -OCH3 is 1. The molecule has 9 nitrogen and oxygen atoms in total. The summed E-state index contributed by atoms with van der Waals surface area (Å²) < 4.78 is 37.6. The van der Waals surface area contributed by atoms with Gasteiger partial charge < -0.3 is 19.7 Å². The number of nitrogens with zero attached hydrogens (tertiary/aromatic N) is 2. The van der Waals surface area contributed by atoms with Crippen molar-refractivity contribution in [2.75, 3.05) is 12.4 Å². The first-order chi connectivity index (χ1) is 20.6. The predicted molar refractivity (Wildman–Crippen MR) is 167 cm³/mol. The average Bonchev–Trinajstić information content (AvgIpc) is 3.45. The number of nitroso groups, excluding NO2 is 1. The summed E-state index contributed by atoms with van der Waals surface area (Å²) in [5.74, 6) is 1.28. The lowest BCUT2D eigenvalue weighted by Crippen LogP contribution is -2.19. The number of halogens is 1. The molecule has 222 valence electrons. The molecule has 0 fully saturated rings. The Hall–Kier alpha value is -4.25. The fraction of sp³-hybridized carbons (Fsp3) is 0.219. The Balaban J connectivity index is 1.38. The van der Waals surface area contributed by atoms with Crippen LogP contribution in [0.15, 0.2) is 98.9 Å². The average molecular weight is 620 g/mol. The zero-order valence-electron chi connectivity index (χ0n) is 23.5. The molecule has 0 bridgehead atoms. The first-order valence-electron chi connectivity index (χ1n) is 13.6. The summed E-state index contributed by atoms with van der Waals surface area (Å²) in [6.07, 6.45) is 0.873.